The predicted octanol–water partition coefficient (Wildman–Crippen LogP) is -0.490. The van der Waals surface area contributed by atoms with Crippen LogP contribution in [0.4, 0.5) is 0 Å². The van der Waals surface area contributed by atoms with E-state index >= 15 is 0 Å². The van der Waals surface area contributed by atoms with Gasteiger partial charge in [-0.3, -0.25) is 0 Å². The molecule has 44 valence electrons. The average molecular weight is 176 g/mol. The second-order valence-corrected chi connectivity index (χ2v) is 3.21. The van der Waals surface area contributed by atoms with Crippen LogP contribution in [0.15, 0.2) is 0 Å². The van der Waals surface area contributed by atoms with Gasteiger partial charge >= 0.3 is 0 Å². The molecule has 0 saturated carbocycles. The fourth-order valence-corrected chi connectivity index (χ4v) is 1.31. The molecule has 0 aromatic rings. The van der Waals surface area contributed by atoms with Gasteiger partial charge < -0.3 is 9.92 Å². The molecule has 0 aromatic carbocycles. The van der Waals surface area contributed by atoms with Crippen molar-refractivity contribution in [3.05, 3.63) is 0 Å². The van der Waals surface area contributed by atoms with Crippen molar-refractivity contribution in [2.24, 2.45) is 0 Å². The molecule has 2 nitrogen and oxygen atoms in total. The van der Waals surface area contributed by atoms with Gasteiger partial charge in [-0.05, 0) is 0 Å². The summed E-state index contributed by atoms with van der Waals surface area (Å²) in [7, 11) is 5.36. The summed E-state index contributed by atoms with van der Waals surface area (Å²) in [6, 6.07) is 0. The van der Waals surface area contributed by atoms with Gasteiger partial charge in [0, 0.05) is 13.1 Å². The number of alkyl halides is 1. The summed E-state index contributed by atoms with van der Waals surface area (Å²) in [4.78, 5) is 1.76. The van der Waals surface area contributed by atoms with Crippen LogP contribution < -0.4 is 0 Å². The summed E-state index contributed by atoms with van der Waals surface area (Å²) in [5.41, 5.74) is 0. The van der Waals surface area contributed by atoms with Crippen LogP contribution in [0.2, 0.25) is 0 Å². The lowest BCUT2D eigenvalue weighted by molar-refractivity contribution is 0.195. The molecule has 1 N–H and O–H groups in total. The van der Waals surface area contributed by atoms with Crippen molar-refractivity contribution in [3.63, 3.8) is 0 Å². The van der Waals surface area contributed by atoms with E-state index in [0.717, 1.165) is 6.54 Å². The van der Waals surface area contributed by atoms with Crippen molar-refractivity contribution in [1.82, 2.24) is 4.81 Å². The molecule has 2 unspecified atom stereocenters. The number of nitrogens with zero attached hydrogens (tertiary/aromatic N) is 1. The van der Waals surface area contributed by atoms with E-state index in [1.165, 1.54) is 0 Å². The molecular formula is C4H7BBrNO. The topological polar surface area (TPSA) is 23.5 Å². The third-order valence-electron chi connectivity index (χ3n) is 1.25. The van der Waals surface area contributed by atoms with E-state index in [9.17, 15) is 0 Å². The molecule has 1 aliphatic rings. The summed E-state index contributed by atoms with van der Waals surface area (Å²) in [6.45, 7) is 1.32. The number of aliphatic hydroxyl groups excluding tert-OH is 1. The normalized spacial score (nSPS) is 40.8. The van der Waals surface area contributed by atoms with Gasteiger partial charge in [0.2, 0.25) is 0 Å². The minimum absolute atomic E-state index is 0.160. The Kier molecular flexibility index (Phi) is 1.95. The Bertz CT molecular complexity index is 82.1. The van der Waals surface area contributed by atoms with E-state index in [4.69, 9.17) is 13.1 Å². The Morgan fingerprint density at radius 2 is 2.25 bits per heavy atom. The molecular weight excluding hydrogens is 169 g/mol. The Morgan fingerprint density at radius 3 is 2.38 bits per heavy atom. The molecule has 0 bridgehead atoms. The van der Waals surface area contributed by atoms with Crippen LogP contribution in [0.1, 0.15) is 0 Å². The van der Waals surface area contributed by atoms with E-state index in [1.54, 1.807) is 4.81 Å². The molecule has 1 fully saturated rings. The Labute approximate surface area is 58.4 Å². The molecule has 1 aliphatic heterocycles. The van der Waals surface area contributed by atoms with E-state index in [-0.39, 0.29) is 10.9 Å². The highest BCUT2D eigenvalue weighted by Gasteiger charge is 2.25. The Balaban J connectivity index is 2.39. The lowest BCUT2D eigenvalue weighted by Crippen LogP contribution is -2.18. The van der Waals surface area contributed by atoms with Crippen molar-refractivity contribution in [1.29, 1.82) is 0 Å². The second kappa shape index (κ2) is 2.37. The van der Waals surface area contributed by atoms with Crippen LogP contribution in [-0.2, 0) is 0 Å². The summed E-state index contributed by atoms with van der Waals surface area (Å²) in [5, 5.41) is 9.00. The minimum Gasteiger partial charge on any atom is -0.391 e. The van der Waals surface area contributed by atoms with Gasteiger partial charge in [0.25, 0.3) is 0 Å². The van der Waals surface area contributed by atoms with Gasteiger partial charge in [-0.15, -0.1) is 0 Å². The number of rotatable bonds is 0. The summed E-state index contributed by atoms with van der Waals surface area (Å²) in [6.07, 6.45) is -0.292. The SMILES string of the molecule is [B]N1CC(O)C(Br)C1. The fraction of sp³-hybridized carbons (Fsp3) is 1.00. The number of β-amino-alcohol motifs (C(OH)–C–C–N with tert-alkyl or cyclic N) is 1. The maximum atomic E-state index is 9.00. The van der Waals surface area contributed by atoms with Crippen LogP contribution in [0.5, 0.6) is 0 Å². The van der Waals surface area contributed by atoms with Crippen molar-refractivity contribution in [2.45, 2.75) is 10.9 Å². The Hall–Kier alpha value is 0.465. The lowest BCUT2D eigenvalue weighted by Gasteiger charge is -2.03. The van der Waals surface area contributed by atoms with E-state index < -0.39 is 0 Å². The van der Waals surface area contributed by atoms with Gasteiger partial charge in [0.1, 0.15) is 0 Å². The first-order valence-corrected chi connectivity index (χ1v) is 3.43. The monoisotopic (exact) mass is 175 g/mol. The molecule has 1 saturated heterocycles. The lowest BCUT2D eigenvalue weighted by atomic mass is 10.3. The van der Waals surface area contributed by atoms with Gasteiger partial charge in [-0.25, -0.2) is 0 Å². The van der Waals surface area contributed by atoms with Crippen LogP contribution >= 0.6 is 15.9 Å². The van der Waals surface area contributed by atoms with Gasteiger partial charge in [0.05, 0.1) is 10.9 Å². The molecule has 0 aliphatic carbocycles. The fourth-order valence-electron chi connectivity index (χ4n) is 0.775. The van der Waals surface area contributed by atoms with Gasteiger partial charge in [0.15, 0.2) is 7.98 Å². The standard InChI is InChI=1S/C4H7BBrNO/c5-7-1-3(6)4(8)2-7/h3-4,8H,1-2H2. The van der Waals surface area contributed by atoms with Crippen LogP contribution in [0.3, 0.4) is 0 Å². The number of hydrogen-bond donors (Lipinski definition) is 1. The van der Waals surface area contributed by atoms with Crippen LogP contribution in [-0.4, -0.2) is 41.9 Å². The summed E-state index contributed by atoms with van der Waals surface area (Å²) < 4.78 is 0. The zero-order valence-electron chi connectivity index (χ0n) is 4.42. The first kappa shape index (κ1) is 6.58. The molecule has 0 aromatic heterocycles. The van der Waals surface area contributed by atoms with Crippen molar-refractivity contribution in [2.75, 3.05) is 13.1 Å². The highest BCUT2D eigenvalue weighted by atomic mass is 79.9. The molecule has 4 heteroatoms. The zero-order valence-corrected chi connectivity index (χ0v) is 6.00. The maximum Gasteiger partial charge on any atom is 0.182 e. The van der Waals surface area contributed by atoms with Crippen molar-refractivity contribution in [3.8, 4) is 0 Å². The van der Waals surface area contributed by atoms with Crippen LogP contribution in [0.25, 0.3) is 0 Å². The molecule has 0 amide bonds. The Morgan fingerprint density at radius 1 is 1.62 bits per heavy atom. The van der Waals surface area contributed by atoms with Gasteiger partial charge in [-0.1, -0.05) is 15.9 Å². The summed E-state index contributed by atoms with van der Waals surface area (Å²) >= 11 is 3.27. The molecule has 1 rings (SSSR count). The van der Waals surface area contributed by atoms with E-state index in [1.807, 2.05) is 0 Å². The predicted molar refractivity (Wildman–Crippen MR) is 36.0 cm³/mol. The highest BCUT2D eigenvalue weighted by molar-refractivity contribution is 9.09. The van der Waals surface area contributed by atoms with Crippen LogP contribution in [0, 0.1) is 0 Å². The third-order valence-corrected chi connectivity index (χ3v) is 2.15. The first-order chi connectivity index (χ1) is 3.70. The summed E-state index contributed by atoms with van der Waals surface area (Å²) in [5.74, 6) is 0. The first-order valence-electron chi connectivity index (χ1n) is 2.52. The van der Waals surface area contributed by atoms with Gasteiger partial charge in [-0.2, -0.15) is 0 Å². The number of hydrogen-bond acceptors (Lipinski definition) is 2. The second-order valence-electron chi connectivity index (χ2n) is 2.04. The molecule has 0 spiro atoms. The van der Waals surface area contributed by atoms with Crippen molar-refractivity contribution >= 4 is 23.9 Å². The molecule has 1 heterocycles. The van der Waals surface area contributed by atoms with Crippen molar-refractivity contribution < 1.29 is 5.11 Å². The molecule has 8 heavy (non-hydrogen) atoms. The van der Waals surface area contributed by atoms with E-state index in [2.05, 4.69) is 15.9 Å². The number of aliphatic hydroxyl groups is 1. The zero-order chi connectivity index (χ0) is 6.15. The smallest absolute Gasteiger partial charge is 0.182 e. The molecule has 2 atom stereocenters. The molecule has 2 radical (unpaired) electrons. The largest absolute Gasteiger partial charge is 0.391 e. The van der Waals surface area contributed by atoms with E-state index in [0.29, 0.717) is 6.54 Å². The highest BCUT2D eigenvalue weighted by Crippen LogP contribution is 2.14. The maximum absolute atomic E-state index is 9.00. The quantitative estimate of drug-likeness (QED) is 0.397. The third kappa shape index (κ3) is 1.24. The average Bonchev–Trinajstić information content (AvgIpc) is 1.85. The number of halogens is 1. The minimum atomic E-state index is -0.292.